The Morgan fingerprint density at radius 2 is 1.62 bits per heavy atom. The number of aliphatic hydroxyl groups is 3. The molecule has 50 heavy (non-hydrogen) atoms. The van der Waals surface area contributed by atoms with Crippen molar-refractivity contribution < 1.29 is 48.7 Å². The van der Waals surface area contributed by atoms with Crippen LogP contribution in [0.1, 0.15) is 106 Å². The summed E-state index contributed by atoms with van der Waals surface area (Å²) in [5, 5.41) is 41.5. The summed E-state index contributed by atoms with van der Waals surface area (Å²) in [5.74, 6) is 0.284. The van der Waals surface area contributed by atoms with E-state index in [4.69, 9.17) is 14.3 Å². The zero-order valence-electron chi connectivity index (χ0n) is 31.2. The van der Waals surface area contributed by atoms with Crippen LogP contribution < -0.4 is 0 Å². The zero-order chi connectivity index (χ0) is 36.8. The number of hydrogen-bond donors (Lipinski definition) is 4. The number of nitrogens with zero attached hydrogens (tertiary/aromatic N) is 1. The molecule has 15 atom stereocenters. The van der Waals surface area contributed by atoms with Crippen molar-refractivity contribution in [2.45, 2.75) is 143 Å². The normalized spacial score (nSPS) is 49.6. The van der Waals surface area contributed by atoms with Crippen LogP contribution in [0, 0.1) is 56.7 Å². The molecule has 5 aliphatic carbocycles. The molecule has 6 rings (SSSR count). The van der Waals surface area contributed by atoms with E-state index >= 15 is 4.39 Å². The Kier molecular flexibility index (Phi) is 9.94. The van der Waals surface area contributed by atoms with Gasteiger partial charge in [0.25, 0.3) is 0 Å². The molecule has 5 saturated carbocycles. The first-order valence-electron chi connectivity index (χ1n) is 19.0. The molecule has 0 radical (unpaired) electrons. The van der Waals surface area contributed by atoms with E-state index < -0.39 is 61.2 Å². The molecule has 11 heteroatoms. The molecule has 0 amide bonds. The maximum atomic E-state index is 15.0. The van der Waals surface area contributed by atoms with Gasteiger partial charge in [-0.15, -0.1) is 5.06 Å². The smallest absolute Gasteiger partial charge is 0.323 e. The minimum absolute atomic E-state index is 0.0182. The van der Waals surface area contributed by atoms with Crippen LogP contribution in [0.25, 0.3) is 0 Å². The van der Waals surface area contributed by atoms with Crippen LogP contribution in [0.15, 0.2) is 12.2 Å². The summed E-state index contributed by atoms with van der Waals surface area (Å²) in [7, 11) is 1.26. The second kappa shape index (κ2) is 13.0. The Balaban J connectivity index is 1.19. The topological polar surface area (TPSA) is 146 Å². The van der Waals surface area contributed by atoms with E-state index in [1.807, 2.05) is 0 Å². The molecule has 4 N–H and O–H groups in total. The first kappa shape index (κ1) is 38.1. The fraction of sp³-hybridized carbons (Fsp3) is 0.897. The predicted molar refractivity (Wildman–Crippen MR) is 183 cm³/mol. The molecule has 6 aliphatic rings. The van der Waals surface area contributed by atoms with Crippen molar-refractivity contribution in [2.24, 2.45) is 56.7 Å². The van der Waals surface area contributed by atoms with E-state index in [1.54, 1.807) is 0 Å². The molecular weight excluding hydrogens is 645 g/mol. The van der Waals surface area contributed by atoms with Crippen LogP contribution in [0.2, 0.25) is 0 Å². The van der Waals surface area contributed by atoms with Gasteiger partial charge in [0.2, 0.25) is 0 Å². The highest BCUT2D eigenvalue weighted by Gasteiger charge is 2.72. The number of aliphatic carboxylic acids is 1. The summed E-state index contributed by atoms with van der Waals surface area (Å²) in [4.78, 5) is 31.7. The lowest BCUT2D eigenvalue weighted by Gasteiger charge is -2.72. The number of carbonyl (C=O) groups excluding carboxylic acids is 1. The minimum atomic E-state index is -2.08. The highest BCUT2D eigenvalue weighted by molar-refractivity contribution is 5.76. The van der Waals surface area contributed by atoms with E-state index in [0.29, 0.717) is 24.2 Å². The minimum Gasteiger partial charge on any atom is -0.481 e. The summed E-state index contributed by atoms with van der Waals surface area (Å²) >= 11 is 0. The summed E-state index contributed by atoms with van der Waals surface area (Å²) < 4.78 is 26.7. The van der Waals surface area contributed by atoms with Gasteiger partial charge in [-0.1, -0.05) is 46.8 Å². The van der Waals surface area contributed by atoms with E-state index in [0.717, 1.165) is 68.4 Å². The summed E-state index contributed by atoms with van der Waals surface area (Å²) in [6.45, 7) is 17.2. The molecular formula is C39H62FNO9. The van der Waals surface area contributed by atoms with Crippen molar-refractivity contribution >= 4 is 11.9 Å². The molecule has 284 valence electrons. The number of alkyl halides is 1. The maximum absolute atomic E-state index is 15.0. The SMILES string of the molecule is C=C(C)[C@@H]1CC[C@]2(C(=O)O)CC[C@]3(C)C(CCC4[C@@]5(C)CC[C@H](OC(=O)CN(OC)C6O[C@H](CO)[C@@H](O)[C@H](O)[C@H]6F)C(C)(C)C5CC[C@]43C)C12. The van der Waals surface area contributed by atoms with Gasteiger partial charge in [0.15, 0.2) is 12.4 Å². The molecule has 5 unspecified atom stereocenters. The average molecular weight is 708 g/mol. The molecule has 0 aromatic carbocycles. The fourth-order valence-corrected chi connectivity index (χ4v) is 13.6. The molecule has 1 aliphatic heterocycles. The van der Waals surface area contributed by atoms with E-state index in [9.17, 15) is 30.0 Å². The van der Waals surface area contributed by atoms with E-state index in [2.05, 4.69) is 48.1 Å². The van der Waals surface area contributed by atoms with Crippen molar-refractivity contribution in [1.29, 1.82) is 0 Å². The van der Waals surface area contributed by atoms with Crippen molar-refractivity contribution in [3.8, 4) is 0 Å². The number of aliphatic hydroxyl groups excluding tert-OH is 3. The highest BCUT2D eigenvalue weighted by Crippen LogP contribution is 2.77. The van der Waals surface area contributed by atoms with Gasteiger partial charge >= 0.3 is 11.9 Å². The van der Waals surface area contributed by atoms with Gasteiger partial charge in [-0.2, -0.15) is 0 Å². The summed E-state index contributed by atoms with van der Waals surface area (Å²) in [5.41, 5.74) is 0.250. The zero-order valence-corrected chi connectivity index (χ0v) is 31.2. The maximum Gasteiger partial charge on any atom is 0.323 e. The predicted octanol–water partition coefficient (Wildman–Crippen LogP) is 5.28. The summed E-state index contributed by atoms with van der Waals surface area (Å²) in [6.07, 6.45) is 0.482. The second-order valence-corrected chi connectivity index (χ2v) is 18.4. The van der Waals surface area contributed by atoms with Crippen molar-refractivity contribution in [3.63, 3.8) is 0 Å². The molecule has 10 nitrogen and oxygen atoms in total. The number of allylic oxidation sites excluding steroid dienone is 1. The van der Waals surface area contributed by atoms with Crippen LogP contribution in [-0.4, -0.2) is 94.5 Å². The lowest BCUT2D eigenvalue weighted by atomic mass is 9.32. The van der Waals surface area contributed by atoms with Gasteiger partial charge in [0, 0.05) is 5.41 Å². The van der Waals surface area contributed by atoms with Crippen LogP contribution in [0.3, 0.4) is 0 Å². The van der Waals surface area contributed by atoms with E-state index in [-0.39, 0.29) is 39.6 Å². The number of hydroxylamine groups is 2. The number of rotatable bonds is 8. The quantitative estimate of drug-likeness (QED) is 0.149. The van der Waals surface area contributed by atoms with Crippen molar-refractivity contribution in [3.05, 3.63) is 12.2 Å². The molecule has 0 aromatic rings. The van der Waals surface area contributed by atoms with Crippen LogP contribution in [-0.2, 0) is 23.9 Å². The number of ether oxygens (including phenoxy) is 2. The number of halogens is 1. The number of esters is 1. The van der Waals surface area contributed by atoms with Gasteiger partial charge in [0.1, 0.15) is 31.0 Å². The largest absolute Gasteiger partial charge is 0.481 e. The molecule has 0 spiro atoms. The Bertz CT molecular complexity index is 1340. The van der Waals surface area contributed by atoms with E-state index in [1.165, 1.54) is 7.11 Å². The third kappa shape index (κ3) is 5.37. The van der Waals surface area contributed by atoms with Gasteiger partial charge in [0.05, 0.1) is 19.1 Å². The standard InChI is InChI=1S/C39H62FNO9/c1-21(2)22-11-16-39(34(46)47)18-17-37(6)23(29(22)39)9-10-26-36(5)14-13-27(35(3,4)25(36)12-15-38(26,37)7)50-28(43)19-41(48-8)33-30(40)32(45)31(44)24(20-42)49-33/h22-27,29-33,42,44-45H,1,9-20H2,2-8H3,(H,46,47)/t22-,23?,24+,25?,26?,27-,29?,30+,31+,32+,33?,36-,37+,38+,39-/m0/s1. The Morgan fingerprint density at radius 1 is 0.920 bits per heavy atom. The van der Waals surface area contributed by atoms with Crippen LogP contribution in [0.4, 0.5) is 4.39 Å². The third-order valence-electron chi connectivity index (χ3n) is 16.3. The lowest BCUT2D eigenvalue weighted by molar-refractivity contribution is -0.316. The Morgan fingerprint density at radius 3 is 2.24 bits per heavy atom. The fourth-order valence-electron chi connectivity index (χ4n) is 13.6. The molecule has 0 bridgehead atoms. The molecule has 6 fully saturated rings. The first-order valence-corrected chi connectivity index (χ1v) is 19.0. The number of carboxylic acid groups (broad SMARTS) is 1. The first-order chi connectivity index (χ1) is 23.3. The molecule has 1 saturated heterocycles. The van der Waals surface area contributed by atoms with Crippen molar-refractivity contribution in [1.82, 2.24) is 5.06 Å². The monoisotopic (exact) mass is 707 g/mol. The number of carbonyl (C=O) groups is 2. The highest BCUT2D eigenvalue weighted by atomic mass is 19.1. The van der Waals surface area contributed by atoms with Gasteiger partial charge in [-0.05, 0) is 117 Å². The van der Waals surface area contributed by atoms with Gasteiger partial charge < -0.3 is 29.9 Å². The average Bonchev–Trinajstić information content (AvgIpc) is 3.46. The lowest BCUT2D eigenvalue weighted by Crippen LogP contribution is -2.67. The van der Waals surface area contributed by atoms with Crippen molar-refractivity contribution in [2.75, 3.05) is 20.3 Å². The number of hydrogen-bond acceptors (Lipinski definition) is 9. The van der Waals surface area contributed by atoms with Crippen LogP contribution in [0.5, 0.6) is 0 Å². The Hall–Kier alpha value is -1.63. The Labute approximate surface area is 297 Å². The summed E-state index contributed by atoms with van der Waals surface area (Å²) in [6, 6.07) is 0. The van der Waals surface area contributed by atoms with Gasteiger partial charge in [-0.3, -0.25) is 14.4 Å². The number of fused-ring (bicyclic) bond motifs is 7. The number of carboxylic acids is 1. The molecule has 0 aromatic heterocycles. The third-order valence-corrected chi connectivity index (χ3v) is 16.3. The van der Waals surface area contributed by atoms with Crippen LogP contribution >= 0.6 is 0 Å². The second-order valence-electron chi connectivity index (χ2n) is 18.4. The van der Waals surface area contributed by atoms with Gasteiger partial charge in [-0.25, -0.2) is 4.39 Å². The molecule has 1 heterocycles.